The number of hydrogen-bond acceptors (Lipinski definition) is 3. The highest BCUT2D eigenvalue weighted by Crippen LogP contribution is 2.33. The summed E-state index contributed by atoms with van der Waals surface area (Å²) >= 11 is 0. The number of nitrogens with zero attached hydrogens (tertiary/aromatic N) is 2. The lowest BCUT2D eigenvalue weighted by atomic mass is 9.84. The minimum absolute atomic E-state index is 0.409. The summed E-state index contributed by atoms with van der Waals surface area (Å²) in [5.74, 6) is -0.828. The number of aliphatic hydroxyl groups is 1. The lowest BCUT2D eigenvalue weighted by Gasteiger charge is -2.28. The van der Waals surface area contributed by atoms with E-state index in [9.17, 15) is 9.90 Å². The summed E-state index contributed by atoms with van der Waals surface area (Å²) in [5.41, 5.74) is 5.11. The Morgan fingerprint density at radius 3 is 2.41 bits per heavy atom. The van der Waals surface area contributed by atoms with Crippen molar-refractivity contribution in [2.24, 2.45) is 5.73 Å². The molecule has 0 aliphatic heterocycles. The number of aromatic nitrogens is 2. The molecule has 1 aromatic heterocycles. The molecule has 0 fully saturated rings. The van der Waals surface area contributed by atoms with Crippen LogP contribution in [0.1, 0.15) is 11.1 Å². The molecule has 0 bridgehead atoms. The van der Waals surface area contributed by atoms with Gasteiger partial charge in [-0.2, -0.15) is 0 Å². The Morgan fingerprint density at radius 2 is 1.77 bits per heavy atom. The van der Waals surface area contributed by atoms with Gasteiger partial charge >= 0.3 is 0 Å². The number of rotatable bonds is 4. The number of para-hydroxylation sites is 1. The number of primary amides is 1. The molecule has 110 valence electrons. The van der Waals surface area contributed by atoms with E-state index in [0.717, 1.165) is 0 Å². The maximum absolute atomic E-state index is 12.1. The normalized spacial score (nSPS) is 13.5. The van der Waals surface area contributed by atoms with Gasteiger partial charge in [-0.3, -0.25) is 4.79 Å². The van der Waals surface area contributed by atoms with E-state index in [1.54, 1.807) is 65.8 Å². The zero-order chi connectivity index (χ0) is 15.6. The monoisotopic (exact) mass is 293 g/mol. The van der Waals surface area contributed by atoms with E-state index in [4.69, 9.17) is 5.73 Å². The van der Waals surface area contributed by atoms with Crippen LogP contribution in [0.15, 0.2) is 73.3 Å². The molecule has 0 aliphatic carbocycles. The van der Waals surface area contributed by atoms with Gasteiger partial charge in [0.05, 0.1) is 12.0 Å². The first-order chi connectivity index (χ1) is 10.6. The van der Waals surface area contributed by atoms with Crippen LogP contribution in [0, 0.1) is 0 Å². The molecule has 22 heavy (non-hydrogen) atoms. The van der Waals surface area contributed by atoms with Gasteiger partial charge in [0, 0.05) is 18.0 Å². The molecule has 2 aromatic carbocycles. The number of nitrogens with two attached hydrogens (primary N) is 1. The van der Waals surface area contributed by atoms with Crippen LogP contribution in [0.2, 0.25) is 0 Å². The van der Waals surface area contributed by atoms with Gasteiger partial charge in [-0.1, -0.05) is 48.5 Å². The van der Waals surface area contributed by atoms with Gasteiger partial charge in [0.2, 0.25) is 0 Å². The van der Waals surface area contributed by atoms with E-state index in [2.05, 4.69) is 4.98 Å². The molecule has 3 rings (SSSR count). The van der Waals surface area contributed by atoms with E-state index < -0.39 is 11.5 Å². The predicted octanol–water partition coefficient (Wildman–Crippen LogP) is 1.59. The molecule has 1 atom stereocenters. The topological polar surface area (TPSA) is 81.1 Å². The fourth-order valence-electron chi connectivity index (χ4n) is 2.52. The fourth-order valence-corrected chi connectivity index (χ4v) is 2.52. The third-order valence-electron chi connectivity index (χ3n) is 3.62. The summed E-state index contributed by atoms with van der Waals surface area (Å²) in [5, 5.41) is 11.1. The minimum atomic E-state index is -1.91. The van der Waals surface area contributed by atoms with E-state index in [1.165, 1.54) is 0 Å². The van der Waals surface area contributed by atoms with E-state index in [-0.39, 0.29) is 0 Å². The maximum Gasteiger partial charge on any atom is 0.258 e. The van der Waals surface area contributed by atoms with Crippen LogP contribution < -0.4 is 5.73 Å². The van der Waals surface area contributed by atoms with Crippen molar-refractivity contribution in [1.82, 2.24) is 9.55 Å². The minimum Gasteiger partial charge on any atom is -0.372 e. The number of benzene rings is 2. The second-order valence-electron chi connectivity index (χ2n) is 4.93. The van der Waals surface area contributed by atoms with Crippen LogP contribution in [-0.4, -0.2) is 20.6 Å². The highest BCUT2D eigenvalue weighted by molar-refractivity contribution is 5.89. The molecular weight excluding hydrogens is 278 g/mol. The quantitative estimate of drug-likeness (QED) is 0.766. The Morgan fingerprint density at radius 1 is 1.09 bits per heavy atom. The second-order valence-corrected chi connectivity index (χ2v) is 4.93. The Labute approximate surface area is 127 Å². The van der Waals surface area contributed by atoms with Crippen molar-refractivity contribution in [3.63, 3.8) is 0 Å². The SMILES string of the molecule is NC(=O)C(O)(c1ccccc1)c1ccccc1-n1ccnc1. The molecule has 0 saturated carbocycles. The average Bonchev–Trinajstić information content (AvgIpc) is 3.09. The third kappa shape index (κ3) is 2.17. The Bertz CT molecular complexity index is 785. The molecule has 0 radical (unpaired) electrons. The standard InChI is InChI=1S/C17H15N3O2/c18-16(21)17(22,13-6-2-1-3-7-13)14-8-4-5-9-15(14)20-11-10-19-12-20/h1-12,22H,(H2,18,21). The van der Waals surface area contributed by atoms with Crippen LogP contribution in [0.4, 0.5) is 0 Å². The van der Waals surface area contributed by atoms with Crippen LogP contribution in [-0.2, 0) is 10.4 Å². The lowest BCUT2D eigenvalue weighted by Crippen LogP contribution is -2.42. The number of imidazole rings is 1. The lowest BCUT2D eigenvalue weighted by molar-refractivity contribution is -0.133. The molecule has 1 heterocycles. The van der Waals surface area contributed by atoms with E-state index in [0.29, 0.717) is 16.8 Å². The van der Waals surface area contributed by atoms with Crippen LogP contribution in [0.3, 0.4) is 0 Å². The zero-order valence-corrected chi connectivity index (χ0v) is 11.8. The summed E-state index contributed by atoms with van der Waals surface area (Å²) in [4.78, 5) is 16.1. The van der Waals surface area contributed by atoms with Crippen molar-refractivity contribution in [2.45, 2.75) is 5.60 Å². The van der Waals surface area contributed by atoms with Crippen LogP contribution in [0.25, 0.3) is 5.69 Å². The summed E-state index contributed by atoms with van der Waals surface area (Å²) in [6, 6.07) is 15.7. The zero-order valence-electron chi connectivity index (χ0n) is 11.8. The Balaban J connectivity index is 2.26. The maximum atomic E-state index is 12.1. The van der Waals surface area contributed by atoms with Crippen molar-refractivity contribution in [1.29, 1.82) is 0 Å². The van der Waals surface area contributed by atoms with E-state index >= 15 is 0 Å². The number of carbonyl (C=O) groups is 1. The van der Waals surface area contributed by atoms with Crippen molar-refractivity contribution in [3.05, 3.63) is 84.4 Å². The molecule has 1 unspecified atom stereocenters. The first kappa shape index (κ1) is 14.0. The molecule has 5 heteroatoms. The molecule has 1 amide bonds. The fraction of sp³-hybridized carbons (Fsp3) is 0.0588. The molecule has 5 nitrogen and oxygen atoms in total. The highest BCUT2D eigenvalue weighted by atomic mass is 16.3. The molecule has 3 N–H and O–H groups in total. The van der Waals surface area contributed by atoms with Crippen molar-refractivity contribution in [3.8, 4) is 5.69 Å². The largest absolute Gasteiger partial charge is 0.372 e. The van der Waals surface area contributed by atoms with Crippen molar-refractivity contribution < 1.29 is 9.90 Å². The number of carbonyl (C=O) groups excluding carboxylic acids is 1. The summed E-state index contributed by atoms with van der Waals surface area (Å²) in [6.07, 6.45) is 4.97. The molecule has 0 saturated heterocycles. The highest BCUT2D eigenvalue weighted by Gasteiger charge is 2.40. The number of amides is 1. The first-order valence-corrected chi connectivity index (χ1v) is 6.79. The van der Waals surface area contributed by atoms with Crippen molar-refractivity contribution in [2.75, 3.05) is 0 Å². The molecule has 0 spiro atoms. The van der Waals surface area contributed by atoms with Gasteiger partial charge in [-0.25, -0.2) is 4.98 Å². The van der Waals surface area contributed by atoms with Gasteiger partial charge in [-0.05, 0) is 11.6 Å². The molecule has 3 aromatic rings. The van der Waals surface area contributed by atoms with Crippen LogP contribution in [0.5, 0.6) is 0 Å². The average molecular weight is 293 g/mol. The molecule has 0 aliphatic rings. The predicted molar refractivity (Wildman–Crippen MR) is 82.2 cm³/mol. The summed E-state index contributed by atoms with van der Waals surface area (Å²) in [6.45, 7) is 0. The van der Waals surface area contributed by atoms with Gasteiger partial charge in [-0.15, -0.1) is 0 Å². The number of hydrogen-bond donors (Lipinski definition) is 2. The second kappa shape index (κ2) is 5.46. The van der Waals surface area contributed by atoms with Gasteiger partial charge in [0.1, 0.15) is 0 Å². The van der Waals surface area contributed by atoms with Crippen LogP contribution >= 0.6 is 0 Å². The smallest absolute Gasteiger partial charge is 0.258 e. The first-order valence-electron chi connectivity index (χ1n) is 6.79. The third-order valence-corrected chi connectivity index (χ3v) is 3.62. The Kier molecular flexibility index (Phi) is 3.48. The van der Waals surface area contributed by atoms with E-state index in [1.807, 2.05) is 12.1 Å². The van der Waals surface area contributed by atoms with Gasteiger partial charge < -0.3 is 15.4 Å². The van der Waals surface area contributed by atoms with Gasteiger partial charge in [0.25, 0.3) is 5.91 Å². The van der Waals surface area contributed by atoms with Crippen molar-refractivity contribution >= 4 is 5.91 Å². The summed E-state index contributed by atoms with van der Waals surface area (Å²) in [7, 11) is 0. The Hall–Kier alpha value is -2.92. The summed E-state index contributed by atoms with van der Waals surface area (Å²) < 4.78 is 1.73. The molecular formula is C17H15N3O2. The van der Waals surface area contributed by atoms with Gasteiger partial charge in [0.15, 0.2) is 5.60 Å².